The fourth-order valence-electron chi connectivity index (χ4n) is 3.93. The van der Waals surface area contributed by atoms with Crippen molar-refractivity contribution in [3.05, 3.63) is 53.6 Å². The van der Waals surface area contributed by atoms with Crippen LogP contribution >= 0.6 is 11.8 Å². The SMILES string of the molecule is COc1ccc([C@@H]2Cc3cc(SC)ccc3N(CC3=NCCN3)C(=O)[C@@H]2O)cc1. The molecule has 0 saturated heterocycles. The number of amidine groups is 1. The lowest BCUT2D eigenvalue weighted by atomic mass is 9.88. The third kappa shape index (κ3) is 3.97. The lowest BCUT2D eigenvalue weighted by Crippen LogP contribution is -2.45. The van der Waals surface area contributed by atoms with Crippen molar-refractivity contribution in [2.45, 2.75) is 23.3 Å². The zero-order valence-corrected chi connectivity index (χ0v) is 17.4. The van der Waals surface area contributed by atoms with Gasteiger partial charge in [0.1, 0.15) is 17.7 Å². The van der Waals surface area contributed by atoms with Gasteiger partial charge in [-0.05, 0) is 54.1 Å². The van der Waals surface area contributed by atoms with E-state index in [1.54, 1.807) is 23.8 Å². The molecule has 2 aliphatic rings. The summed E-state index contributed by atoms with van der Waals surface area (Å²) in [5.41, 5.74) is 2.82. The first kappa shape index (κ1) is 19.8. The fourth-order valence-corrected chi connectivity index (χ4v) is 4.40. The number of hydrogen-bond acceptors (Lipinski definition) is 6. The maximum absolute atomic E-state index is 13.3. The highest BCUT2D eigenvalue weighted by Crippen LogP contribution is 2.37. The number of nitrogens with one attached hydrogen (secondary N) is 1. The lowest BCUT2D eigenvalue weighted by Gasteiger charge is -2.25. The maximum atomic E-state index is 13.3. The van der Waals surface area contributed by atoms with Gasteiger partial charge in [0.2, 0.25) is 0 Å². The number of nitrogens with zero attached hydrogens (tertiary/aromatic N) is 2. The molecule has 0 spiro atoms. The molecule has 7 heteroatoms. The summed E-state index contributed by atoms with van der Waals surface area (Å²) in [5, 5.41) is 14.3. The molecule has 4 rings (SSSR count). The minimum Gasteiger partial charge on any atom is -0.497 e. The van der Waals surface area contributed by atoms with E-state index < -0.39 is 6.10 Å². The number of benzene rings is 2. The molecule has 0 bridgehead atoms. The highest BCUT2D eigenvalue weighted by Gasteiger charge is 2.37. The molecule has 1 amide bonds. The average molecular weight is 412 g/mol. The van der Waals surface area contributed by atoms with E-state index in [1.165, 1.54) is 0 Å². The summed E-state index contributed by atoms with van der Waals surface area (Å²) in [6.45, 7) is 1.84. The van der Waals surface area contributed by atoms with E-state index in [-0.39, 0.29) is 11.8 Å². The number of aliphatic hydroxyl groups is 1. The Morgan fingerprint density at radius 3 is 2.72 bits per heavy atom. The second-order valence-electron chi connectivity index (χ2n) is 7.20. The van der Waals surface area contributed by atoms with Crippen LogP contribution in [0.2, 0.25) is 0 Å². The van der Waals surface area contributed by atoms with Crippen molar-refractivity contribution in [2.75, 3.05) is 37.9 Å². The summed E-state index contributed by atoms with van der Waals surface area (Å²) < 4.78 is 5.25. The number of carbonyl (C=O) groups is 1. The third-order valence-corrected chi connectivity index (χ3v) is 6.24. The van der Waals surface area contributed by atoms with Crippen LogP contribution in [0.4, 0.5) is 5.69 Å². The number of amides is 1. The topological polar surface area (TPSA) is 74.2 Å². The van der Waals surface area contributed by atoms with E-state index in [0.717, 1.165) is 39.8 Å². The molecule has 2 heterocycles. The van der Waals surface area contributed by atoms with Gasteiger partial charge in [0.15, 0.2) is 0 Å². The molecule has 0 radical (unpaired) electrons. The number of carbonyl (C=O) groups excluding carboxylic acids is 1. The number of thioether (sulfide) groups is 1. The summed E-state index contributed by atoms with van der Waals surface area (Å²) >= 11 is 1.67. The highest BCUT2D eigenvalue weighted by atomic mass is 32.2. The van der Waals surface area contributed by atoms with Gasteiger partial charge in [0, 0.05) is 23.0 Å². The number of hydrogen-bond donors (Lipinski definition) is 2. The van der Waals surface area contributed by atoms with E-state index in [4.69, 9.17) is 4.74 Å². The van der Waals surface area contributed by atoms with Crippen LogP contribution in [0.15, 0.2) is 52.4 Å². The van der Waals surface area contributed by atoms with Crippen molar-refractivity contribution in [2.24, 2.45) is 4.99 Å². The first-order valence-electron chi connectivity index (χ1n) is 9.68. The summed E-state index contributed by atoms with van der Waals surface area (Å²) in [7, 11) is 1.62. The molecule has 2 aromatic carbocycles. The number of aliphatic hydroxyl groups excluding tert-OH is 1. The first-order valence-corrected chi connectivity index (χ1v) is 10.9. The molecule has 2 N–H and O–H groups in total. The molecule has 0 aliphatic carbocycles. The summed E-state index contributed by atoms with van der Waals surface area (Å²) in [6, 6.07) is 13.7. The van der Waals surface area contributed by atoms with Crippen LogP contribution in [0.3, 0.4) is 0 Å². The third-order valence-electron chi connectivity index (χ3n) is 5.51. The molecule has 0 unspecified atom stereocenters. The smallest absolute Gasteiger partial charge is 0.256 e. The monoisotopic (exact) mass is 411 g/mol. The van der Waals surface area contributed by atoms with Gasteiger partial charge in [-0.2, -0.15) is 0 Å². The van der Waals surface area contributed by atoms with Crippen LogP contribution in [0.1, 0.15) is 17.0 Å². The van der Waals surface area contributed by atoms with Crippen LogP contribution < -0.4 is 15.0 Å². The predicted molar refractivity (Wildman–Crippen MR) is 116 cm³/mol. The molecule has 6 nitrogen and oxygen atoms in total. The van der Waals surface area contributed by atoms with E-state index in [0.29, 0.717) is 19.5 Å². The normalized spacial score (nSPS) is 21.3. The molecule has 0 aromatic heterocycles. The largest absolute Gasteiger partial charge is 0.497 e. The zero-order valence-electron chi connectivity index (χ0n) is 16.6. The molecule has 152 valence electrons. The van der Waals surface area contributed by atoms with Gasteiger partial charge in [0.05, 0.1) is 20.2 Å². The summed E-state index contributed by atoms with van der Waals surface area (Å²) in [5.74, 6) is 0.916. The minimum atomic E-state index is -1.13. The van der Waals surface area contributed by atoms with Crippen LogP contribution in [0, 0.1) is 0 Å². The number of anilines is 1. The van der Waals surface area contributed by atoms with Crippen molar-refractivity contribution in [1.82, 2.24) is 5.32 Å². The van der Waals surface area contributed by atoms with E-state index in [9.17, 15) is 9.90 Å². The Labute approximate surface area is 175 Å². The quantitative estimate of drug-likeness (QED) is 0.740. The van der Waals surface area contributed by atoms with Crippen LogP contribution in [-0.2, 0) is 11.2 Å². The van der Waals surface area contributed by atoms with Crippen molar-refractivity contribution >= 4 is 29.2 Å². The Kier molecular flexibility index (Phi) is 5.78. The van der Waals surface area contributed by atoms with Gasteiger partial charge in [0.25, 0.3) is 5.91 Å². The Balaban J connectivity index is 1.74. The second kappa shape index (κ2) is 8.47. The van der Waals surface area contributed by atoms with Crippen LogP contribution in [0.25, 0.3) is 0 Å². The lowest BCUT2D eigenvalue weighted by molar-refractivity contribution is -0.127. The maximum Gasteiger partial charge on any atom is 0.256 e. The van der Waals surface area contributed by atoms with Crippen LogP contribution in [-0.4, -0.2) is 56.0 Å². The van der Waals surface area contributed by atoms with Gasteiger partial charge >= 0.3 is 0 Å². The van der Waals surface area contributed by atoms with Crippen LogP contribution in [0.5, 0.6) is 5.75 Å². The first-order chi connectivity index (χ1) is 14.1. The van der Waals surface area contributed by atoms with Crippen molar-refractivity contribution in [3.63, 3.8) is 0 Å². The number of rotatable bonds is 5. The second-order valence-corrected chi connectivity index (χ2v) is 8.08. The number of methoxy groups -OCH3 is 1. The zero-order chi connectivity index (χ0) is 20.4. The molecule has 0 fully saturated rings. The van der Waals surface area contributed by atoms with Gasteiger partial charge in [-0.15, -0.1) is 11.8 Å². The molecule has 2 atom stereocenters. The van der Waals surface area contributed by atoms with Crippen molar-refractivity contribution in [3.8, 4) is 5.75 Å². The van der Waals surface area contributed by atoms with Gasteiger partial charge in [-0.3, -0.25) is 9.79 Å². The summed E-state index contributed by atoms with van der Waals surface area (Å²) in [6.07, 6.45) is 1.49. The minimum absolute atomic E-state index is 0.294. The fraction of sp³-hybridized carbons (Fsp3) is 0.364. The Hall–Kier alpha value is -2.51. The molecule has 29 heavy (non-hydrogen) atoms. The van der Waals surface area contributed by atoms with Crippen molar-refractivity contribution in [1.29, 1.82) is 0 Å². The average Bonchev–Trinajstić information content (AvgIpc) is 3.25. The van der Waals surface area contributed by atoms with E-state index in [2.05, 4.69) is 16.4 Å². The Bertz CT molecular complexity index is 929. The predicted octanol–water partition coefficient (Wildman–Crippen LogP) is 2.45. The van der Waals surface area contributed by atoms with Gasteiger partial charge in [-0.1, -0.05) is 12.1 Å². The van der Waals surface area contributed by atoms with Gasteiger partial charge < -0.3 is 20.1 Å². The highest BCUT2D eigenvalue weighted by molar-refractivity contribution is 7.98. The van der Waals surface area contributed by atoms with E-state index in [1.807, 2.05) is 42.7 Å². The Morgan fingerprint density at radius 2 is 2.07 bits per heavy atom. The van der Waals surface area contributed by atoms with Gasteiger partial charge in [-0.25, -0.2) is 0 Å². The number of fused-ring (bicyclic) bond motifs is 1. The molecule has 0 saturated carbocycles. The van der Waals surface area contributed by atoms with E-state index >= 15 is 0 Å². The molecular weight excluding hydrogens is 386 g/mol. The molecular formula is C22H25N3O3S. The van der Waals surface area contributed by atoms with Crippen molar-refractivity contribution < 1.29 is 14.6 Å². The molecule has 2 aliphatic heterocycles. The Morgan fingerprint density at radius 1 is 1.28 bits per heavy atom. The molecule has 2 aromatic rings. The number of aliphatic imine (C=N–C) groups is 1. The summed E-state index contributed by atoms with van der Waals surface area (Å²) in [4.78, 5) is 20.6. The standard InChI is InChI=1S/C22H25N3O3S/c1-28-16-5-3-14(4-6-16)18-12-15-11-17(29-2)7-8-19(15)25(22(27)21(18)26)13-20-23-9-10-24-20/h3-8,11,18,21,26H,9-10,12-13H2,1-2H3,(H,23,24)/t18-,21+/m0/s1. The number of ether oxygens (including phenoxy) is 1.